The Morgan fingerprint density at radius 2 is 2.04 bits per heavy atom. The maximum absolute atomic E-state index is 12.1. The number of hydrogen-bond acceptors (Lipinski definition) is 5. The summed E-state index contributed by atoms with van der Waals surface area (Å²) in [5, 5.41) is 5.14. The highest BCUT2D eigenvalue weighted by Crippen LogP contribution is 2.22. The molecule has 1 amide bonds. The molecule has 1 aromatic carbocycles. The fraction of sp³-hybridized carbons (Fsp3) is 0.211. The highest BCUT2D eigenvalue weighted by atomic mass is 32.1. The van der Waals surface area contributed by atoms with Crippen LogP contribution in [-0.2, 0) is 4.79 Å². The molecule has 0 bridgehead atoms. The van der Waals surface area contributed by atoms with Crippen LogP contribution in [0, 0.1) is 13.8 Å². The van der Waals surface area contributed by atoms with Crippen molar-refractivity contribution < 1.29 is 9.21 Å². The molecular formula is C19H18N2O3S. The van der Waals surface area contributed by atoms with Gasteiger partial charge in [0.15, 0.2) is 0 Å². The number of carbonyl (C=O) groups excluding carboxylic acids is 1. The zero-order chi connectivity index (χ0) is 18.0. The Morgan fingerprint density at radius 1 is 1.28 bits per heavy atom. The van der Waals surface area contributed by atoms with Gasteiger partial charge in [0.25, 0.3) is 0 Å². The third-order valence-electron chi connectivity index (χ3n) is 3.90. The lowest BCUT2D eigenvalue weighted by molar-refractivity contribution is -0.117. The molecule has 0 aliphatic heterocycles. The van der Waals surface area contributed by atoms with Crippen molar-refractivity contribution in [2.75, 3.05) is 0 Å². The second-order valence-electron chi connectivity index (χ2n) is 5.86. The lowest BCUT2D eigenvalue weighted by Gasteiger charge is -2.10. The molecule has 0 radical (unpaired) electrons. The Kier molecular flexibility index (Phi) is 4.81. The van der Waals surface area contributed by atoms with Gasteiger partial charge in [-0.15, -0.1) is 11.3 Å². The summed E-state index contributed by atoms with van der Waals surface area (Å²) < 4.78 is 5.28. The SMILES string of the molecule is Cc1ccccc1/C=C/C(=O)NC(C)c1nc2scc(C)c2c(=O)o1. The van der Waals surface area contributed by atoms with Crippen molar-refractivity contribution in [1.29, 1.82) is 0 Å². The molecule has 0 aliphatic carbocycles. The fourth-order valence-electron chi connectivity index (χ4n) is 2.48. The van der Waals surface area contributed by atoms with Crippen LogP contribution in [0.4, 0.5) is 0 Å². The number of hydrogen-bond donors (Lipinski definition) is 1. The van der Waals surface area contributed by atoms with Crippen LogP contribution in [0.3, 0.4) is 0 Å². The minimum absolute atomic E-state index is 0.206. The molecule has 25 heavy (non-hydrogen) atoms. The van der Waals surface area contributed by atoms with Crippen molar-refractivity contribution in [2.24, 2.45) is 0 Å². The Hall–Kier alpha value is -2.73. The van der Waals surface area contributed by atoms with Crippen molar-refractivity contribution in [3.63, 3.8) is 0 Å². The second-order valence-corrected chi connectivity index (χ2v) is 6.72. The van der Waals surface area contributed by atoms with Crippen molar-refractivity contribution in [3.05, 3.63) is 68.7 Å². The number of aryl methyl sites for hydroxylation is 2. The molecular weight excluding hydrogens is 336 g/mol. The van der Waals surface area contributed by atoms with E-state index in [0.29, 0.717) is 10.2 Å². The van der Waals surface area contributed by atoms with E-state index in [2.05, 4.69) is 10.3 Å². The summed E-state index contributed by atoms with van der Waals surface area (Å²) in [4.78, 5) is 29.2. The number of aromatic nitrogens is 1. The van der Waals surface area contributed by atoms with E-state index >= 15 is 0 Å². The largest absolute Gasteiger partial charge is 0.406 e. The average molecular weight is 354 g/mol. The van der Waals surface area contributed by atoms with Crippen molar-refractivity contribution >= 4 is 33.5 Å². The maximum Gasteiger partial charge on any atom is 0.348 e. The lowest BCUT2D eigenvalue weighted by atomic mass is 10.1. The molecule has 128 valence electrons. The number of carbonyl (C=O) groups is 1. The van der Waals surface area contributed by atoms with E-state index in [-0.39, 0.29) is 11.8 Å². The third-order valence-corrected chi connectivity index (χ3v) is 4.89. The molecule has 1 unspecified atom stereocenters. The molecule has 3 rings (SSSR count). The molecule has 0 saturated heterocycles. The van der Waals surface area contributed by atoms with Gasteiger partial charge >= 0.3 is 5.63 Å². The minimum Gasteiger partial charge on any atom is -0.406 e. The first kappa shape index (κ1) is 17.1. The van der Waals surface area contributed by atoms with Crippen molar-refractivity contribution in [2.45, 2.75) is 26.8 Å². The van der Waals surface area contributed by atoms with Crippen LogP contribution in [0.15, 0.2) is 44.9 Å². The number of fused-ring (bicyclic) bond motifs is 1. The Balaban J connectivity index is 1.76. The van der Waals surface area contributed by atoms with Crippen LogP contribution in [0.2, 0.25) is 0 Å². The Bertz CT molecular complexity index is 1020. The summed E-state index contributed by atoms with van der Waals surface area (Å²) in [5.74, 6) is -0.0698. The zero-order valence-electron chi connectivity index (χ0n) is 14.2. The van der Waals surface area contributed by atoms with E-state index in [4.69, 9.17) is 4.42 Å². The van der Waals surface area contributed by atoms with Gasteiger partial charge in [-0.1, -0.05) is 24.3 Å². The van der Waals surface area contributed by atoms with Gasteiger partial charge in [-0.05, 0) is 48.9 Å². The minimum atomic E-state index is -0.506. The first-order valence-corrected chi connectivity index (χ1v) is 8.76. The van der Waals surface area contributed by atoms with Crippen LogP contribution in [-0.4, -0.2) is 10.9 Å². The summed E-state index contributed by atoms with van der Waals surface area (Å²) >= 11 is 1.39. The normalized spacial score (nSPS) is 12.6. The number of rotatable bonds is 4. The zero-order valence-corrected chi connectivity index (χ0v) is 15.0. The molecule has 5 nitrogen and oxygen atoms in total. The van der Waals surface area contributed by atoms with Crippen molar-refractivity contribution in [3.8, 4) is 0 Å². The van der Waals surface area contributed by atoms with Gasteiger partial charge in [0, 0.05) is 6.08 Å². The van der Waals surface area contributed by atoms with Crippen LogP contribution < -0.4 is 10.9 Å². The molecule has 2 heterocycles. The van der Waals surface area contributed by atoms with Crippen molar-refractivity contribution in [1.82, 2.24) is 10.3 Å². The van der Waals surface area contributed by atoms with Gasteiger partial charge in [-0.3, -0.25) is 4.79 Å². The lowest BCUT2D eigenvalue weighted by Crippen LogP contribution is -2.26. The monoisotopic (exact) mass is 354 g/mol. The second kappa shape index (κ2) is 7.03. The number of thiophene rings is 1. The number of nitrogens with one attached hydrogen (secondary N) is 1. The predicted octanol–water partition coefficient (Wildman–Crippen LogP) is 3.76. The van der Waals surface area contributed by atoms with Gasteiger partial charge in [0.1, 0.15) is 10.9 Å². The van der Waals surface area contributed by atoms with E-state index in [9.17, 15) is 9.59 Å². The van der Waals surface area contributed by atoms with Gasteiger partial charge < -0.3 is 9.73 Å². The smallest absolute Gasteiger partial charge is 0.348 e. The fourth-order valence-corrected chi connectivity index (χ4v) is 3.39. The summed E-state index contributed by atoms with van der Waals surface area (Å²) in [7, 11) is 0. The predicted molar refractivity (Wildman–Crippen MR) is 99.7 cm³/mol. The first-order chi connectivity index (χ1) is 12.0. The molecule has 0 fully saturated rings. The van der Waals surface area contributed by atoms with E-state index in [0.717, 1.165) is 16.7 Å². The number of nitrogens with zero attached hydrogens (tertiary/aromatic N) is 1. The number of amides is 1. The number of benzene rings is 1. The molecule has 0 spiro atoms. The summed E-state index contributed by atoms with van der Waals surface area (Å²) in [5.41, 5.74) is 2.50. The van der Waals surface area contributed by atoms with Gasteiger partial charge in [-0.25, -0.2) is 9.78 Å². The topological polar surface area (TPSA) is 72.2 Å². The van der Waals surface area contributed by atoms with Gasteiger partial charge in [-0.2, -0.15) is 0 Å². The maximum atomic E-state index is 12.1. The average Bonchev–Trinajstić information content (AvgIpc) is 2.95. The van der Waals surface area contributed by atoms with Gasteiger partial charge in [0.05, 0.1) is 5.39 Å². The van der Waals surface area contributed by atoms with Gasteiger partial charge in [0.2, 0.25) is 11.8 Å². The first-order valence-electron chi connectivity index (χ1n) is 7.88. The molecule has 3 aromatic rings. The Labute approximate surface area is 149 Å². The standard InChI is InChI=1S/C19H18N2O3S/c1-11-6-4-5-7-14(11)8-9-15(22)20-13(3)17-21-18-16(19(23)24-17)12(2)10-25-18/h4-10,13H,1-3H3,(H,20,22)/b9-8+. The molecule has 0 saturated carbocycles. The molecule has 6 heteroatoms. The van der Waals surface area contributed by atoms with E-state index < -0.39 is 11.7 Å². The van der Waals surface area contributed by atoms with E-state index in [1.165, 1.54) is 17.4 Å². The van der Waals surface area contributed by atoms with E-state index in [1.807, 2.05) is 43.5 Å². The van der Waals surface area contributed by atoms with Crippen LogP contribution in [0.5, 0.6) is 0 Å². The molecule has 1 atom stereocenters. The van der Waals surface area contributed by atoms with Crippen LogP contribution >= 0.6 is 11.3 Å². The highest BCUT2D eigenvalue weighted by Gasteiger charge is 2.16. The summed E-state index contributed by atoms with van der Waals surface area (Å²) in [6.45, 7) is 5.56. The van der Waals surface area contributed by atoms with Crippen LogP contribution in [0.1, 0.15) is 35.5 Å². The molecule has 0 aliphatic rings. The Morgan fingerprint density at radius 3 is 2.80 bits per heavy atom. The quantitative estimate of drug-likeness (QED) is 0.724. The summed E-state index contributed by atoms with van der Waals surface area (Å²) in [6.07, 6.45) is 3.22. The molecule has 1 N–H and O–H groups in total. The van der Waals surface area contributed by atoms with Crippen LogP contribution in [0.25, 0.3) is 16.3 Å². The third kappa shape index (κ3) is 3.69. The van der Waals surface area contributed by atoms with E-state index in [1.54, 1.807) is 13.0 Å². The molecule has 2 aromatic heterocycles. The highest BCUT2D eigenvalue weighted by molar-refractivity contribution is 7.16. The summed E-state index contributed by atoms with van der Waals surface area (Å²) in [6, 6.07) is 7.29.